The lowest BCUT2D eigenvalue weighted by molar-refractivity contribution is -0.140. The third-order valence-electron chi connectivity index (χ3n) is 7.97. The molecule has 1 unspecified atom stereocenters. The lowest BCUT2D eigenvalue weighted by Crippen LogP contribution is -2.53. The Kier molecular flexibility index (Phi) is 12.2. The van der Waals surface area contributed by atoms with Crippen LogP contribution in [0.4, 0.5) is 5.69 Å². The Morgan fingerprint density at radius 2 is 1.38 bits per heavy atom. The molecule has 48 heavy (non-hydrogen) atoms. The highest BCUT2D eigenvalue weighted by atomic mass is 32.2. The molecular formula is C38H45N3O6S. The zero-order valence-electron chi connectivity index (χ0n) is 28.5. The maximum Gasteiger partial charge on any atom is 0.264 e. The van der Waals surface area contributed by atoms with Crippen molar-refractivity contribution in [3.05, 3.63) is 119 Å². The van der Waals surface area contributed by atoms with Crippen molar-refractivity contribution in [2.75, 3.05) is 31.6 Å². The van der Waals surface area contributed by atoms with Crippen molar-refractivity contribution in [1.82, 2.24) is 10.2 Å². The van der Waals surface area contributed by atoms with Crippen LogP contribution in [0.5, 0.6) is 11.5 Å². The van der Waals surface area contributed by atoms with Gasteiger partial charge in [0.05, 0.1) is 24.8 Å². The molecule has 0 bridgehead atoms. The predicted octanol–water partition coefficient (Wildman–Crippen LogP) is 5.93. The Labute approximate surface area is 284 Å². The number of anilines is 1. The second kappa shape index (κ2) is 16.3. The number of methoxy groups -OCH3 is 2. The van der Waals surface area contributed by atoms with E-state index in [1.54, 1.807) is 24.3 Å². The molecule has 0 saturated heterocycles. The van der Waals surface area contributed by atoms with Crippen molar-refractivity contribution in [2.45, 2.75) is 51.6 Å². The predicted molar refractivity (Wildman–Crippen MR) is 189 cm³/mol. The molecule has 0 saturated carbocycles. The number of rotatable bonds is 15. The highest BCUT2D eigenvalue weighted by Crippen LogP contribution is 2.32. The van der Waals surface area contributed by atoms with Crippen LogP contribution in [0, 0.1) is 19.8 Å². The van der Waals surface area contributed by atoms with Gasteiger partial charge in [-0.2, -0.15) is 0 Å². The Morgan fingerprint density at radius 3 is 1.96 bits per heavy atom. The van der Waals surface area contributed by atoms with Crippen LogP contribution >= 0.6 is 0 Å². The number of nitrogens with one attached hydrogen (secondary N) is 1. The third-order valence-corrected chi connectivity index (χ3v) is 9.74. The summed E-state index contributed by atoms with van der Waals surface area (Å²) < 4.78 is 40.6. The van der Waals surface area contributed by atoms with Crippen molar-refractivity contribution in [3.63, 3.8) is 0 Å². The van der Waals surface area contributed by atoms with Crippen LogP contribution in [0.3, 0.4) is 0 Å². The Morgan fingerprint density at radius 1 is 0.771 bits per heavy atom. The van der Waals surface area contributed by atoms with Crippen LogP contribution in [-0.4, -0.2) is 58.5 Å². The fraction of sp³-hybridized carbons (Fsp3) is 0.316. The topological polar surface area (TPSA) is 105 Å². The molecule has 0 heterocycles. The molecule has 0 fully saturated rings. The average Bonchev–Trinajstić information content (AvgIpc) is 3.08. The second-order valence-corrected chi connectivity index (χ2v) is 14.1. The number of benzene rings is 4. The summed E-state index contributed by atoms with van der Waals surface area (Å²) in [6.07, 6.45) is 0.245. The molecule has 4 aromatic carbocycles. The Hall–Kier alpha value is -4.83. The molecule has 1 N–H and O–H groups in total. The minimum Gasteiger partial charge on any atom is -0.493 e. The maximum atomic E-state index is 14.6. The first kappa shape index (κ1) is 36.0. The number of amides is 2. The van der Waals surface area contributed by atoms with E-state index in [0.717, 1.165) is 26.6 Å². The van der Waals surface area contributed by atoms with Crippen molar-refractivity contribution in [2.24, 2.45) is 5.92 Å². The number of aryl methyl sites for hydroxylation is 2. The lowest BCUT2D eigenvalue weighted by Gasteiger charge is -2.34. The number of carbonyl (C=O) groups is 2. The molecule has 254 valence electrons. The van der Waals surface area contributed by atoms with E-state index in [2.05, 4.69) is 5.32 Å². The van der Waals surface area contributed by atoms with E-state index >= 15 is 0 Å². The highest BCUT2D eigenvalue weighted by molar-refractivity contribution is 7.92. The van der Waals surface area contributed by atoms with E-state index in [9.17, 15) is 18.0 Å². The van der Waals surface area contributed by atoms with Gasteiger partial charge in [-0.05, 0) is 55.2 Å². The monoisotopic (exact) mass is 671 g/mol. The summed E-state index contributed by atoms with van der Waals surface area (Å²) in [5.41, 5.74) is 3.98. The van der Waals surface area contributed by atoms with Crippen molar-refractivity contribution in [3.8, 4) is 11.5 Å². The van der Waals surface area contributed by atoms with E-state index in [1.165, 1.54) is 37.3 Å². The molecular weight excluding hydrogens is 627 g/mol. The third kappa shape index (κ3) is 9.16. The van der Waals surface area contributed by atoms with Crippen LogP contribution in [0.2, 0.25) is 0 Å². The Bertz CT molecular complexity index is 1780. The average molecular weight is 672 g/mol. The SMILES string of the molecule is COc1ccc(S(=O)(=O)N(CC(=O)N(Cc2ccc(C)cc2)C(Cc2ccccc2)C(=O)NCC(C)C)c2ccc(C)cc2)cc1OC. The molecule has 0 aliphatic heterocycles. The molecule has 1 atom stereocenters. The van der Waals surface area contributed by atoms with Gasteiger partial charge in [0.15, 0.2) is 11.5 Å². The van der Waals surface area contributed by atoms with Gasteiger partial charge in [-0.25, -0.2) is 8.42 Å². The summed E-state index contributed by atoms with van der Waals surface area (Å²) in [4.78, 5) is 30.0. The number of ether oxygens (including phenoxy) is 2. The van der Waals surface area contributed by atoms with Gasteiger partial charge in [0.1, 0.15) is 12.6 Å². The minimum absolute atomic E-state index is 0.0749. The summed E-state index contributed by atoms with van der Waals surface area (Å²) in [5, 5.41) is 3.01. The number of hydrogen-bond donors (Lipinski definition) is 1. The fourth-order valence-corrected chi connectivity index (χ4v) is 6.64. The van der Waals surface area contributed by atoms with E-state index in [-0.39, 0.29) is 35.4 Å². The second-order valence-electron chi connectivity index (χ2n) is 12.2. The molecule has 0 aromatic heterocycles. The summed E-state index contributed by atoms with van der Waals surface area (Å²) in [5.74, 6) is -0.0379. The van der Waals surface area contributed by atoms with Crippen LogP contribution in [0.25, 0.3) is 0 Å². The molecule has 2 amide bonds. The number of nitrogens with zero attached hydrogens (tertiary/aromatic N) is 2. The van der Waals surface area contributed by atoms with E-state index in [4.69, 9.17) is 9.47 Å². The van der Waals surface area contributed by atoms with Gasteiger partial charge in [0, 0.05) is 25.6 Å². The maximum absolute atomic E-state index is 14.6. The van der Waals surface area contributed by atoms with Crippen LogP contribution in [0.1, 0.15) is 36.1 Å². The highest BCUT2D eigenvalue weighted by Gasteiger charge is 2.35. The summed E-state index contributed by atoms with van der Waals surface area (Å²) >= 11 is 0. The smallest absolute Gasteiger partial charge is 0.264 e. The van der Waals surface area contributed by atoms with E-state index in [1.807, 2.05) is 82.3 Å². The largest absolute Gasteiger partial charge is 0.493 e. The molecule has 0 aliphatic rings. The molecule has 10 heteroatoms. The van der Waals surface area contributed by atoms with E-state index in [0.29, 0.717) is 18.0 Å². The van der Waals surface area contributed by atoms with Crippen molar-refractivity contribution < 1.29 is 27.5 Å². The lowest BCUT2D eigenvalue weighted by atomic mass is 10.0. The fourth-order valence-electron chi connectivity index (χ4n) is 5.21. The van der Waals surface area contributed by atoms with Gasteiger partial charge in [-0.15, -0.1) is 0 Å². The minimum atomic E-state index is -4.31. The van der Waals surface area contributed by atoms with Crippen LogP contribution < -0.4 is 19.1 Å². The van der Waals surface area contributed by atoms with Gasteiger partial charge in [-0.1, -0.05) is 91.7 Å². The summed E-state index contributed by atoms with van der Waals surface area (Å²) in [6.45, 7) is 7.86. The Balaban J connectivity index is 1.81. The van der Waals surface area contributed by atoms with Gasteiger partial charge in [-0.3, -0.25) is 13.9 Å². The zero-order chi connectivity index (χ0) is 34.8. The van der Waals surface area contributed by atoms with Crippen molar-refractivity contribution >= 4 is 27.5 Å². The van der Waals surface area contributed by atoms with Crippen molar-refractivity contribution in [1.29, 1.82) is 0 Å². The summed E-state index contributed by atoms with van der Waals surface area (Å²) in [6, 6.07) is 27.5. The first-order chi connectivity index (χ1) is 22.9. The molecule has 9 nitrogen and oxygen atoms in total. The molecule has 4 rings (SSSR count). The van der Waals surface area contributed by atoms with Crippen LogP contribution in [-0.2, 0) is 32.6 Å². The van der Waals surface area contributed by atoms with E-state index < -0.39 is 28.5 Å². The normalized spacial score (nSPS) is 11.9. The van der Waals surface area contributed by atoms with Gasteiger partial charge in [0.2, 0.25) is 11.8 Å². The first-order valence-corrected chi connectivity index (χ1v) is 17.3. The van der Waals surface area contributed by atoms with Gasteiger partial charge in [0.25, 0.3) is 10.0 Å². The molecule has 0 spiro atoms. The standard InChI is InChI=1S/C38H45N3O6S/c1-27(2)24-39-38(43)34(22-30-10-8-7-9-11-30)40(25-31-16-12-28(3)13-17-31)37(42)26-41(32-18-14-29(4)15-19-32)48(44,45)33-20-21-35(46-5)36(23-33)47-6/h7-21,23,27,34H,22,24-26H2,1-6H3,(H,39,43). The molecule has 0 aliphatic carbocycles. The van der Waals surface area contributed by atoms with Crippen LogP contribution in [0.15, 0.2) is 102 Å². The van der Waals surface area contributed by atoms with Gasteiger partial charge < -0.3 is 19.7 Å². The number of hydrogen-bond acceptors (Lipinski definition) is 6. The number of carbonyl (C=O) groups excluding carboxylic acids is 2. The summed E-state index contributed by atoms with van der Waals surface area (Å²) in [7, 11) is -1.41. The van der Waals surface area contributed by atoms with Gasteiger partial charge >= 0.3 is 0 Å². The quantitative estimate of drug-likeness (QED) is 0.168. The first-order valence-electron chi connectivity index (χ1n) is 15.9. The molecule has 4 aromatic rings. The zero-order valence-corrected chi connectivity index (χ0v) is 29.3. The molecule has 0 radical (unpaired) electrons. The number of sulfonamides is 1.